The first-order valence-corrected chi connectivity index (χ1v) is 11.0. The fraction of sp³-hybridized carbons (Fsp3) is 0.0500. The number of nitro benzene ring substituents is 3. The van der Waals surface area contributed by atoms with Gasteiger partial charge in [-0.3, -0.25) is 35.8 Å². The first kappa shape index (κ1) is 25.5. The minimum absolute atomic E-state index is 0.0533. The molecule has 36 heavy (non-hydrogen) atoms. The van der Waals surface area contributed by atoms with Crippen LogP contribution in [-0.4, -0.2) is 36.5 Å². The molecule has 0 radical (unpaired) electrons. The number of hydrazone groups is 1. The molecule has 3 rings (SSSR count). The van der Waals surface area contributed by atoms with Gasteiger partial charge in [-0.1, -0.05) is 12.1 Å². The molecule has 3 aromatic rings. The second-order valence-corrected chi connectivity index (χ2v) is 8.27. The Hall–Kier alpha value is -5.12. The van der Waals surface area contributed by atoms with E-state index in [0.29, 0.717) is 5.56 Å². The largest absolute Gasteiger partial charge is 0.493 e. The molecule has 0 aromatic heterocycles. The van der Waals surface area contributed by atoms with Crippen molar-refractivity contribution in [2.75, 3.05) is 12.5 Å². The number of para-hydroxylation sites is 1. The van der Waals surface area contributed by atoms with Gasteiger partial charge in [0.25, 0.3) is 11.4 Å². The van der Waals surface area contributed by atoms with Gasteiger partial charge in [-0.05, 0) is 35.9 Å². The molecule has 0 amide bonds. The van der Waals surface area contributed by atoms with Crippen LogP contribution in [0.25, 0.3) is 0 Å². The summed E-state index contributed by atoms with van der Waals surface area (Å²) >= 11 is 0. The van der Waals surface area contributed by atoms with Crippen LogP contribution in [0.1, 0.15) is 5.56 Å². The monoisotopic (exact) mass is 517 g/mol. The Morgan fingerprint density at radius 2 is 1.56 bits per heavy atom. The van der Waals surface area contributed by atoms with Gasteiger partial charge in [0.2, 0.25) is 0 Å². The molecule has 0 aliphatic rings. The van der Waals surface area contributed by atoms with Gasteiger partial charge in [0.05, 0.1) is 34.2 Å². The first-order chi connectivity index (χ1) is 17.0. The molecule has 0 saturated heterocycles. The van der Waals surface area contributed by atoms with Gasteiger partial charge in [0, 0.05) is 12.1 Å². The average Bonchev–Trinajstić information content (AvgIpc) is 2.84. The predicted molar refractivity (Wildman–Crippen MR) is 125 cm³/mol. The number of hydrogen-bond donors (Lipinski definition) is 1. The zero-order valence-corrected chi connectivity index (χ0v) is 18.9. The highest BCUT2D eigenvalue weighted by atomic mass is 32.2. The van der Waals surface area contributed by atoms with E-state index in [1.807, 2.05) is 0 Å². The summed E-state index contributed by atoms with van der Waals surface area (Å²) in [5.41, 5.74) is 0.958. The Balaban J connectivity index is 1.83. The van der Waals surface area contributed by atoms with Crippen molar-refractivity contribution in [2.24, 2.45) is 5.10 Å². The third kappa shape index (κ3) is 5.68. The maximum atomic E-state index is 12.6. The smallest absolute Gasteiger partial charge is 0.346 e. The van der Waals surface area contributed by atoms with Gasteiger partial charge in [0.1, 0.15) is 5.69 Å². The standard InChI is InChI=1S/C20H15N5O10S/c1-34-19-10-13(12-21-22-15-8-7-14(23(26)27)11-17(15)25(30)31)6-9-18(19)35-36(32,33)20-5-3-2-4-16(20)24(28)29/h2-12,22H,1H3/b21-12-. The lowest BCUT2D eigenvalue weighted by molar-refractivity contribution is -0.393. The van der Waals surface area contributed by atoms with E-state index in [4.69, 9.17) is 8.92 Å². The lowest BCUT2D eigenvalue weighted by atomic mass is 10.2. The molecule has 0 aliphatic heterocycles. The highest BCUT2D eigenvalue weighted by Gasteiger charge is 2.28. The van der Waals surface area contributed by atoms with Gasteiger partial charge >= 0.3 is 15.8 Å². The Morgan fingerprint density at radius 1 is 0.861 bits per heavy atom. The van der Waals surface area contributed by atoms with Crippen molar-refractivity contribution >= 4 is 39.1 Å². The van der Waals surface area contributed by atoms with Crippen LogP contribution in [0.3, 0.4) is 0 Å². The van der Waals surface area contributed by atoms with Crippen LogP contribution in [0, 0.1) is 30.3 Å². The lowest BCUT2D eigenvalue weighted by Gasteiger charge is -2.11. The Labute approximate surface area is 202 Å². The topological polar surface area (TPSA) is 206 Å². The summed E-state index contributed by atoms with van der Waals surface area (Å²) < 4.78 is 35.5. The van der Waals surface area contributed by atoms with E-state index in [2.05, 4.69) is 10.5 Å². The van der Waals surface area contributed by atoms with Crippen molar-refractivity contribution in [3.63, 3.8) is 0 Å². The Bertz CT molecular complexity index is 1490. The SMILES string of the molecule is COc1cc(/C=N\Nc2ccc([N+](=O)[O-])cc2[N+](=O)[O-])ccc1OS(=O)(=O)c1ccccc1[N+](=O)[O-]. The molecular formula is C20H15N5O10S. The number of benzene rings is 3. The highest BCUT2D eigenvalue weighted by Crippen LogP contribution is 2.33. The summed E-state index contributed by atoms with van der Waals surface area (Å²) in [6.07, 6.45) is 1.22. The molecule has 1 N–H and O–H groups in total. The number of ether oxygens (including phenoxy) is 1. The van der Waals surface area contributed by atoms with Crippen LogP contribution < -0.4 is 14.3 Å². The van der Waals surface area contributed by atoms with Gasteiger partial charge in [-0.2, -0.15) is 13.5 Å². The molecule has 0 saturated carbocycles. The molecule has 3 aromatic carbocycles. The number of anilines is 1. The quantitative estimate of drug-likeness (QED) is 0.178. The van der Waals surface area contributed by atoms with Crippen LogP contribution in [0.4, 0.5) is 22.7 Å². The number of nitrogens with one attached hydrogen (secondary N) is 1. The molecule has 0 aliphatic carbocycles. The molecule has 16 heteroatoms. The summed E-state index contributed by atoms with van der Waals surface area (Å²) in [6.45, 7) is 0. The van der Waals surface area contributed by atoms with Crippen LogP contribution in [-0.2, 0) is 10.1 Å². The molecular weight excluding hydrogens is 502 g/mol. The third-order valence-electron chi connectivity index (χ3n) is 4.51. The second-order valence-electron chi connectivity index (χ2n) is 6.76. The molecule has 0 fully saturated rings. The molecule has 0 spiro atoms. The van der Waals surface area contributed by atoms with Crippen molar-refractivity contribution in [3.05, 3.63) is 96.6 Å². The fourth-order valence-electron chi connectivity index (χ4n) is 2.87. The lowest BCUT2D eigenvalue weighted by Crippen LogP contribution is -2.12. The summed E-state index contributed by atoms with van der Waals surface area (Å²) in [7, 11) is -3.35. The van der Waals surface area contributed by atoms with Crippen LogP contribution in [0.15, 0.2) is 70.7 Å². The molecule has 0 unspecified atom stereocenters. The summed E-state index contributed by atoms with van der Waals surface area (Å²) in [5, 5.41) is 37.0. The normalized spacial score (nSPS) is 11.1. The summed E-state index contributed by atoms with van der Waals surface area (Å²) in [4.78, 5) is 30.1. The number of non-ortho nitro benzene ring substituents is 1. The maximum absolute atomic E-state index is 12.6. The van der Waals surface area contributed by atoms with E-state index >= 15 is 0 Å². The predicted octanol–water partition coefficient (Wildman–Crippen LogP) is 3.63. The zero-order chi connectivity index (χ0) is 26.5. The van der Waals surface area contributed by atoms with E-state index in [1.165, 1.54) is 43.7 Å². The van der Waals surface area contributed by atoms with E-state index in [9.17, 15) is 38.8 Å². The van der Waals surface area contributed by atoms with E-state index in [0.717, 1.165) is 30.3 Å². The first-order valence-electron chi connectivity index (χ1n) is 9.61. The number of hydrogen-bond acceptors (Lipinski definition) is 12. The zero-order valence-electron chi connectivity index (χ0n) is 18.1. The van der Waals surface area contributed by atoms with Crippen molar-refractivity contribution in [1.82, 2.24) is 0 Å². The minimum atomic E-state index is -4.59. The van der Waals surface area contributed by atoms with Gasteiger partial charge in [-0.25, -0.2) is 0 Å². The number of nitro groups is 3. The molecule has 0 bridgehead atoms. The van der Waals surface area contributed by atoms with Crippen molar-refractivity contribution in [2.45, 2.75) is 4.90 Å². The average molecular weight is 517 g/mol. The molecule has 0 heterocycles. The Morgan fingerprint density at radius 3 is 2.19 bits per heavy atom. The van der Waals surface area contributed by atoms with Gasteiger partial charge < -0.3 is 8.92 Å². The minimum Gasteiger partial charge on any atom is -0.493 e. The summed E-state index contributed by atoms with van der Waals surface area (Å²) in [5.74, 6) is -0.311. The van der Waals surface area contributed by atoms with Crippen LogP contribution in [0.2, 0.25) is 0 Å². The fourth-order valence-corrected chi connectivity index (χ4v) is 3.98. The maximum Gasteiger partial charge on any atom is 0.346 e. The van der Waals surface area contributed by atoms with E-state index in [-0.39, 0.29) is 17.2 Å². The third-order valence-corrected chi connectivity index (χ3v) is 5.79. The number of methoxy groups -OCH3 is 1. The van der Waals surface area contributed by atoms with Crippen LogP contribution in [0.5, 0.6) is 11.5 Å². The van der Waals surface area contributed by atoms with Gasteiger partial charge in [-0.15, -0.1) is 0 Å². The van der Waals surface area contributed by atoms with Crippen molar-refractivity contribution in [1.29, 1.82) is 0 Å². The van der Waals surface area contributed by atoms with E-state index in [1.54, 1.807) is 0 Å². The molecule has 186 valence electrons. The molecule has 0 atom stereocenters. The van der Waals surface area contributed by atoms with Crippen molar-refractivity contribution in [3.8, 4) is 11.5 Å². The summed E-state index contributed by atoms with van der Waals surface area (Å²) in [6, 6.07) is 11.6. The number of rotatable bonds is 10. The van der Waals surface area contributed by atoms with E-state index < -0.39 is 46.8 Å². The van der Waals surface area contributed by atoms with Crippen LogP contribution >= 0.6 is 0 Å². The van der Waals surface area contributed by atoms with Gasteiger partial charge in [0.15, 0.2) is 16.4 Å². The van der Waals surface area contributed by atoms with Crippen molar-refractivity contribution < 1.29 is 32.1 Å². The highest BCUT2D eigenvalue weighted by molar-refractivity contribution is 7.87. The molecule has 15 nitrogen and oxygen atoms in total. The second kappa shape index (κ2) is 10.4. The number of nitrogens with zero attached hydrogens (tertiary/aromatic N) is 4. The Kier molecular flexibility index (Phi) is 7.39.